The van der Waals surface area contributed by atoms with E-state index in [1.54, 1.807) is 0 Å². The van der Waals surface area contributed by atoms with Gasteiger partial charge in [0.25, 0.3) is 0 Å². The molecule has 0 N–H and O–H groups in total. The highest BCUT2D eigenvalue weighted by atomic mass is 79.9. The van der Waals surface area contributed by atoms with Crippen LogP contribution in [0.15, 0.2) is 0 Å². The van der Waals surface area contributed by atoms with Gasteiger partial charge in [0, 0.05) is 24.8 Å². The second kappa shape index (κ2) is 6.77. The van der Waals surface area contributed by atoms with Gasteiger partial charge in [-0.15, -0.1) is 0 Å². The lowest BCUT2D eigenvalue weighted by Gasteiger charge is -2.33. The number of hydrogen-bond donors (Lipinski definition) is 0. The fourth-order valence-corrected chi connectivity index (χ4v) is 3.71. The van der Waals surface area contributed by atoms with Gasteiger partial charge in [-0.2, -0.15) is 0 Å². The highest BCUT2D eigenvalue weighted by Crippen LogP contribution is 2.28. The lowest BCUT2D eigenvalue weighted by atomic mass is 9.86. The molecule has 17 heavy (non-hydrogen) atoms. The van der Waals surface area contributed by atoms with Crippen molar-refractivity contribution in [2.24, 2.45) is 11.8 Å². The minimum atomic E-state index is 0.419. The lowest BCUT2D eigenvalue weighted by Crippen LogP contribution is -2.41. The van der Waals surface area contributed by atoms with Gasteiger partial charge < -0.3 is 4.90 Å². The average molecular weight is 302 g/mol. The topological polar surface area (TPSA) is 20.3 Å². The summed E-state index contributed by atoms with van der Waals surface area (Å²) in [4.78, 5) is 14.4. The molecule has 1 saturated heterocycles. The number of alkyl halides is 1. The molecule has 2 aliphatic rings. The monoisotopic (exact) mass is 301 g/mol. The van der Waals surface area contributed by atoms with E-state index in [-0.39, 0.29) is 0 Å². The van der Waals surface area contributed by atoms with Crippen molar-refractivity contribution < 1.29 is 4.79 Å². The summed E-state index contributed by atoms with van der Waals surface area (Å²) >= 11 is 3.55. The molecule has 2 nitrogen and oxygen atoms in total. The first-order chi connectivity index (χ1) is 8.29. The molecule has 0 bridgehead atoms. The van der Waals surface area contributed by atoms with E-state index in [9.17, 15) is 4.79 Å². The van der Waals surface area contributed by atoms with Gasteiger partial charge in [0.1, 0.15) is 0 Å². The smallest absolute Gasteiger partial charge is 0.222 e. The SMILES string of the molecule is O=C(CC1CCCCC1)N1CCCC(CBr)C1. The van der Waals surface area contributed by atoms with E-state index >= 15 is 0 Å². The van der Waals surface area contributed by atoms with Crippen molar-refractivity contribution in [1.29, 1.82) is 0 Å². The van der Waals surface area contributed by atoms with Gasteiger partial charge in [0.05, 0.1) is 0 Å². The Morgan fingerprint density at radius 2 is 1.76 bits per heavy atom. The van der Waals surface area contributed by atoms with Crippen LogP contribution in [-0.2, 0) is 4.79 Å². The van der Waals surface area contributed by atoms with Crippen LogP contribution in [0.25, 0.3) is 0 Å². The molecule has 98 valence electrons. The average Bonchev–Trinajstić information content (AvgIpc) is 2.40. The maximum atomic E-state index is 12.2. The number of piperidine rings is 1. The summed E-state index contributed by atoms with van der Waals surface area (Å²) in [5, 5.41) is 1.04. The molecule has 1 amide bonds. The highest BCUT2D eigenvalue weighted by Gasteiger charge is 2.25. The second-order valence-corrected chi connectivity index (χ2v) is 6.36. The molecule has 1 saturated carbocycles. The molecule has 0 aromatic carbocycles. The lowest BCUT2D eigenvalue weighted by molar-refractivity contribution is -0.134. The van der Waals surface area contributed by atoms with Crippen molar-refractivity contribution in [3.8, 4) is 0 Å². The second-order valence-electron chi connectivity index (χ2n) is 5.71. The van der Waals surface area contributed by atoms with Gasteiger partial charge in [-0.05, 0) is 37.5 Å². The molecule has 2 fully saturated rings. The Morgan fingerprint density at radius 3 is 2.47 bits per heavy atom. The van der Waals surface area contributed by atoms with Gasteiger partial charge in [-0.25, -0.2) is 0 Å². The van der Waals surface area contributed by atoms with Crippen LogP contribution in [0, 0.1) is 11.8 Å². The van der Waals surface area contributed by atoms with Crippen molar-refractivity contribution in [2.75, 3.05) is 18.4 Å². The molecule has 0 aromatic heterocycles. The number of rotatable bonds is 3. The quantitative estimate of drug-likeness (QED) is 0.730. The first-order valence-corrected chi connectivity index (χ1v) is 8.25. The van der Waals surface area contributed by atoms with Crippen LogP contribution in [0.5, 0.6) is 0 Å². The maximum Gasteiger partial charge on any atom is 0.222 e. The fraction of sp³-hybridized carbons (Fsp3) is 0.929. The molecule has 2 rings (SSSR count). The normalized spacial score (nSPS) is 27.1. The highest BCUT2D eigenvalue weighted by molar-refractivity contribution is 9.09. The summed E-state index contributed by atoms with van der Waals surface area (Å²) in [7, 11) is 0. The molecule has 1 unspecified atom stereocenters. The van der Waals surface area contributed by atoms with E-state index < -0.39 is 0 Å². The van der Waals surface area contributed by atoms with E-state index in [0.29, 0.717) is 17.7 Å². The first kappa shape index (κ1) is 13.4. The number of nitrogens with zero attached hydrogens (tertiary/aromatic N) is 1. The van der Waals surface area contributed by atoms with E-state index in [1.807, 2.05) is 0 Å². The Balaban J connectivity index is 1.78. The predicted molar refractivity (Wildman–Crippen MR) is 74.3 cm³/mol. The number of likely N-dealkylation sites (tertiary alicyclic amines) is 1. The molecular weight excluding hydrogens is 278 g/mol. The summed E-state index contributed by atoms with van der Waals surface area (Å²) in [6, 6.07) is 0. The zero-order valence-corrected chi connectivity index (χ0v) is 12.3. The summed E-state index contributed by atoms with van der Waals surface area (Å²) in [6.45, 7) is 1.98. The standard InChI is InChI=1S/C14H24BrNO/c15-10-13-7-4-8-16(11-13)14(17)9-12-5-2-1-3-6-12/h12-13H,1-11H2. The van der Waals surface area contributed by atoms with Crippen LogP contribution in [-0.4, -0.2) is 29.2 Å². The van der Waals surface area contributed by atoms with E-state index in [4.69, 9.17) is 0 Å². The first-order valence-electron chi connectivity index (χ1n) is 7.13. The summed E-state index contributed by atoms with van der Waals surface area (Å²) in [5.74, 6) is 1.78. The van der Waals surface area contributed by atoms with E-state index in [0.717, 1.165) is 24.8 Å². The van der Waals surface area contributed by atoms with Crippen LogP contribution in [0.2, 0.25) is 0 Å². The van der Waals surface area contributed by atoms with Crippen molar-refractivity contribution in [3.05, 3.63) is 0 Å². The van der Waals surface area contributed by atoms with Gasteiger partial charge in [0.2, 0.25) is 5.91 Å². The molecule has 0 aromatic rings. The van der Waals surface area contributed by atoms with Crippen molar-refractivity contribution in [3.63, 3.8) is 0 Å². The zero-order chi connectivity index (χ0) is 12.1. The van der Waals surface area contributed by atoms with Crippen LogP contribution in [0.4, 0.5) is 0 Å². The number of carbonyl (C=O) groups excluding carboxylic acids is 1. The van der Waals surface area contributed by atoms with Crippen LogP contribution >= 0.6 is 15.9 Å². The molecule has 0 spiro atoms. The van der Waals surface area contributed by atoms with Crippen LogP contribution in [0.1, 0.15) is 51.4 Å². The molecule has 1 atom stereocenters. The van der Waals surface area contributed by atoms with Gasteiger partial charge in [-0.3, -0.25) is 4.79 Å². The Morgan fingerprint density at radius 1 is 1.06 bits per heavy atom. The minimum absolute atomic E-state index is 0.419. The molecule has 0 radical (unpaired) electrons. The number of amides is 1. The Kier molecular flexibility index (Phi) is 5.33. The molecule has 1 aliphatic carbocycles. The Hall–Kier alpha value is -0.0500. The Labute approximate surface area is 113 Å². The predicted octanol–water partition coefficient (Wildman–Crippen LogP) is 3.59. The fourth-order valence-electron chi connectivity index (χ4n) is 3.18. The molecular formula is C14H24BrNO. The van der Waals surface area contributed by atoms with Gasteiger partial charge >= 0.3 is 0 Å². The van der Waals surface area contributed by atoms with Crippen LogP contribution in [0.3, 0.4) is 0 Å². The minimum Gasteiger partial charge on any atom is -0.342 e. The summed E-state index contributed by atoms with van der Waals surface area (Å²) in [5.41, 5.74) is 0. The van der Waals surface area contributed by atoms with E-state index in [2.05, 4.69) is 20.8 Å². The van der Waals surface area contributed by atoms with Crippen molar-refractivity contribution in [1.82, 2.24) is 4.90 Å². The number of carbonyl (C=O) groups is 1. The Bertz CT molecular complexity index is 251. The molecule has 3 heteroatoms. The van der Waals surface area contributed by atoms with Gasteiger partial charge in [0.15, 0.2) is 0 Å². The number of halogens is 1. The third kappa shape index (κ3) is 3.97. The number of hydrogen-bond acceptors (Lipinski definition) is 1. The van der Waals surface area contributed by atoms with E-state index in [1.165, 1.54) is 44.9 Å². The molecule has 1 aliphatic heterocycles. The van der Waals surface area contributed by atoms with Crippen molar-refractivity contribution >= 4 is 21.8 Å². The van der Waals surface area contributed by atoms with Crippen LogP contribution < -0.4 is 0 Å². The van der Waals surface area contributed by atoms with Crippen molar-refractivity contribution in [2.45, 2.75) is 51.4 Å². The summed E-state index contributed by atoms with van der Waals surface area (Å²) in [6.07, 6.45) is 9.88. The van der Waals surface area contributed by atoms with Gasteiger partial charge in [-0.1, -0.05) is 35.2 Å². The third-order valence-corrected chi connectivity index (χ3v) is 5.19. The summed E-state index contributed by atoms with van der Waals surface area (Å²) < 4.78 is 0. The molecule has 1 heterocycles. The largest absolute Gasteiger partial charge is 0.342 e. The third-order valence-electron chi connectivity index (χ3n) is 4.28. The zero-order valence-electron chi connectivity index (χ0n) is 10.7. The maximum absolute atomic E-state index is 12.2.